The zero-order valence-corrected chi connectivity index (χ0v) is 13.7. The van der Waals surface area contributed by atoms with Crippen LogP contribution in [0.3, 0.4) is 0 Å². The molecule has 0 bridgehead atoms. The lowest BCUT2D eigenvalue weighted by Crippen LogP contribution is -2.04. The predicted molar refractivity (Wildman–Crippen MR) is 94.6 cm³/mol. The van der Waals surface area contributed by atoms with Crippen LogP contribution in [0.15, 0.2) is 55.0 Å². The normalized spacial score (nSPS) is 10.2. The minimum absolute atomic E-state index is 0.602. The fraction of sp³-hybridized carbons (Fsp3) is 0.167. The maximum atomic E-state index is 5.38. The van der Waals surface area contributed by atoms with Gasteiger partial charge in [0.25, 0.3) is 0 Å². The summed E-state index contributed by atoms with van der Waals surface area (Å²) in [4.78, 5) is 12.8. The van der Waals surface area contributed by atoms with Gasteiger partial charge in [-0.2, -0.15) is 0 Å². The van der Waals surface area contributed by atoms with E-state index in [1.165, 1.54) is 6.33 Å². The first-order valence-electron chi connectivity index (χ1n) is 7.62. The summed E-state index contributed by atoms with van der Waals surface area (Å²) < 4.78 is 5.38. The summed E-state index contributed by atoms with van der Waals surface area (Å²) in [5.74, 6) is 2.18. The zero-order valence-electron chi connectivity index (χ0n) is 13.7. The molecule has 1 aromatic carbocycles. The van der Waals surface area contributed by atoms with E-state index in [4.69, 9.17) is 4.74 Å². The molecule has 6 nitrogen and oxygen atoms in total. The van der Waals surface area contributed by atoms with Crippen LogP contribution in [-0.4, -0.2) is 22.1 Å². The Hall–Kier alpha value is -3.15. The number of hydrogen-bond acceptors (Lipinski definition) is 6. The van der Waals surface area contributed by atoms with Crippen LogP contribution in [-0.2, 0) is 6.54 Å². The third kappa shape index (κ3) is 3.98. The van der Waals surface area contributed by atoms with Crippen LogP contribution in [0.25, 0.3) is 0 Å². The molecule has 0 amide bonds. The molecule has 0 spiro atoms. The molecule has 2 N–H and O–H groups in total. The van der Waals surface area contributed by atoms with Gasteiger partial charge in [0.15, 0.2) is 0 Å². The van der Waals surface area contributed by atoms with Crippen molar-refractivity contribution < 1.29 is 4.74 Å². The van der Waals surface area contributed by atoms with E-state index in [0.29, 0.717) is 12.4 Å². The number of nitrogens with zero attached hydrogens (tertiary/aromatic N) is 3. The molecule has 3 aromatic rings. The number of ether oxygens (including phenoxy) is 1. The van der Waals surface area contributed by atoms with Gasteiger partial charge in [0.1, 0.15) is 23.7 Å². The van der Waals surface area contributed by atoms with Crippen molar-refractivity contribution >= 4 is 17.3 Å². The summed E-state index contributed by atoms with van der Waals surface area (Å²) in [6.45, 7) is 2.63. The minimum Gasteiger partial charge on any atom is -0.495 e. The number of hydrogen-bond donors (Lipinski definition) is 2. The van der Waals surface area contributed by atoms with E-state index in [0.717, 1.165) is 28.5 Å². The highest BCUT2D eigenvalue weighted by molar-refractivity contribution is 5.66. The average molecular weight is 321 g/mol. The molecule has 0 saturated carbocycles. The number of rotatable bonds is 6. The lowest BCUT2D eigenvalue weighted by molar-refractivity contribution is 0.416. The van der Waals surface area contributed by atoms with Gasteiger partial charge in [0.2, 0.25) is 0 Å². The SMILES string of the molecule is COc1ccc(C)cc1Nc1cc(NCc2ccccn2)ncn1. The summed E-state index contributed by atoms with van der Waals surface area (Å²) in [7, 11) is 1.65. The molecule has 3 rings (SSSR count). The third-order valence-electron chi connectivity index (χ3n) is 3.46. The van der Waals surface area contributed by atoms with Crippen LogP contribution < -0.4 is 15.4 Å². The first kappa shape index (κ1) is 15.7. The molecule has 122 valence electrons. The van der Waals surface area contributed by atoms with Crippen LogP contribution in [0, 0.1) is 6.92 Å². The van der Waals surface area contributed by atoms with Crippen molar-refractivity contribution in [2.45, 2.75) is 13.5 Å². The van der Waals surface area contributed by atoms with Crippen LogP contribution in [0.1, 0.15) is 11.3 Å². The number of methoxy groups -OCH3 is 1. The Balaban J connectivity index is 1.72. The number of aryl methyl sites for hydroxylation is 1. The zero-order chi connectivity index (χ0) is 16.8. The van der Waals surface area contributed by atoms with Gasteiger partial charge in [0, 0.05) is 12.3 Å². The first-order valence-corrected chi connectivity index (χ1v) is 7.62. The molecular weight excluding hydrogens is 302 g/mol. The van der Waals surface area contributed by atoms with Crippen molar-refractivity contribution in [2.75, 3.05) is 17.7 Å². The number of nitrogens with one attached hydrogen (secondary N) is 2. The molecule has 0 unspecified atom stereocenters. The van der Waals surface area contributed by atoms with E-state index in [1.54, 1.807) is 13.3 Å². The van der Waals surface area contributed by atoms with Crippen molar-refractivity contribution in [1.29, 1.82) is 0 Å². The standard InChI is InChI=1S/C18H19N5O/c1-13-6-7-16(24-2)15(9-13)23-18-10-17(21-12-22-18)20-11-14-5-3-4-8-19-14/h3-10,12H,11H2,1-2H3,(H2,20,21,22,23). The molecule has 2 heterocycles. The molecular formula is C18H19N5O. The van der Waals surface area contributed by atoms with Crippen molar-refractivity contribution in [3.63, 3.8) is 0 Å². The molecule has 0 saturated heterocycles. The van der Waals surface area contributed by atoms with E-state index in [1.807, 2.05) is 49.4 Å². The molecule has 6 heteroatoms. The van der Waals surface area contributed by atoms with Gasteiger partial charge in [-0.3, -0.25) is 4.98 Å². The molecule has 0 atom stereocenters. The summed E-state index contributed by atoms with van der Waals surface area (Å²) in [6, 6.07) is 13.6. The van der Waals surface area contributed by atoms with Gasteiger partial charge in [0.05, 0.1) is 25.0 Å². The summed E-state index contributed by atoms with van der Waals surface area (Å²) >= 11 is 0. The van der Waals surface area contributed by atoms with Crippen LogP contribution in [0.5, 0.6) is 5.75 Å². The van der Waals surface area contributed by atoms with Gasteiger partial charge in [-0.25, -0.2) is 9.97 Å². The molecule has 0 aliphatic heterocycles. The topological polar surface area (TPSA) is 72.0 Å². The van der Waals surface area contributed by atoms with Gasteiger partial charge in [-0.05, 0) is 36.8 Å². The Kier molecular flexibility index (Phi) is 4.86. The van der Waals surface area contributed by atoms with Crippen molar-refractivity contribution in [1.82, 2.24) is 15.0 Å². The molecule has 0 aliphatic rings. The van der Waals surface area contributed by atoms with Crippen LogP contribution in [0.2, 0.25) is 0 Å². The first-order chi connectivity index (χ1) is 11.7. The number of benzene rings is 1. The molecule has 0 radical (unpaired) electrons. The number of pyridine rings is 1. The Morgan fingerprint density at radius 1 is 1.00 bits per heavy atom. The second kappa shape index (κ2) is 7.41. The van der Waals surface area contributed by atoms with E-state index in [9.17, 15) is 0 Å². The monoisotopic (exact) mass is 321 g/mol. The quantitative estimate of drug-likeness (QED) is 0.723. The fourth-order valence-corrected chi connectivity index (χ4v) is 2.26. The van der Waals surface area contributed by atoms with Gasteiger partial charge < -0.3 is 15.4 Å². The summed E-state index contributed by atoms with van der Waals surface area (Å²) in [5.41, 5.74) is 2.96. The molecule has 2 aromatic heterocycles. The second-order valence-corrected chi connectivity index (χ2v) is 5.29. The fourth-order valence-electron chi connectivity index (χ4n) is 2.26. The second-order valence-electron chi connectivity index (χ2n) is 5.29. The Morgan fingerprint density at radius 3 is 2.67 bits per heavy atom. The number of aromatic nitrogens is 3. The van der Waals surface area contributed by atoms with E-state index >= 15 is 0 Å². The third-order valence-corrected chi connectivity index (χ3v) is 3.46. The van der Waals surface area contributed by atoms with Gasteiger partial charge in [-0.1, -0.05) is 12.1 Å². The largest absolute Gasteiger partial charge is 0.495 e. The molecule has 0 aliphatic carbocycles. The van der Waals surface area contributed by atoms with E-state index < -0.39 is 0 Å². The highest BCUT2D eigenvalue weighted by atomic mass is 16.5. The van der Waals surface area contributed by atoms with Crippen LogP contribution in [0.4, 0.5) is 17.3 Å². The number of anilines is 3. The lowest BCUT2D eigenvalue weighted by Gasteiger charge is -2.12. The molecule has 24 heavy (non-hydrogen) atoms. The highest BCUT2D eigenvalue weighted by Crippen LogP contribution is 2.28. The van der Waals surface area contributed by atoms with E-state index in [2.05, 4.69) is 25.6 Å². The van der Waals surface area contributed by atoms with Crippen molar-refractivity contribution in [2.24, 2.45) is 0 Å². The summed E-state index contributed by atoms with van der Waals surface area (Å²) in [6.07, 6.45) is 3.29. The van der Waals surface area contributed by atoms with E-state index in [-0.39, 0.29) is 0 Å². The average Bonchev–Trinajstić information content (AvgIpc) is 2.61. The Bertz CT molecular complexity index is 808. The smallest absolute Gasteiger partial charge is 0.142 e. The maximum Gasteiger partial charge on any atom is 0.142 e. The van der Waals surface area contributed by atoms with Crippen LogP contribution >= 0.6 is 0 Å². The summed E-state index contributed by atoms with van der Waals surface area (Å²) in [5, 5.41) is 6.51. The minimum atomic E-state index is 0.602. The highest BCUT2D eigenvalue weighted by Gasteiger charge is 2.05. The lowest BCUT2D eigenvalue weighted by atomic mass is 10.2. The Morgan fingerprint density at radius 2 is 1.88 bits per heavy atom. The Labute approximate surface area is 141 Å². The predicted octanol–water partition coefficient (Wildman–Crippen LogP) is 3.54. The maximum absolute atomic E-state index is 5.38. The van der Waals surface area contributed by atoms with Crippen molar-refractivity contribution in [3.8, 4) is 5.75 Å². The molecule has 0 fully saturated rings. The van der Waals surface area contributed by atoms with Gasteiger partial charge in [-0.15, -0.1) is 0 Å². The van der Waals surface area contributed by atoms with Gasteiger partial charge >= 0.3 is 0 Å². The van der Waals surface area contributed by atoms with Crippen molar-refractivity contribution in [3.05, 3.63) is 66.2 Å².